The first kappa shape index (κ1) is 19.2. The molecule has 0 aliphatic rings. The largest absolute Gasteiger partial charge is 0.271 e. The average molecular weight is 401 g/mol. The maximum absolute atomic E-state index is 12.0. The lowest BCUT2D eigenvalue weighted by atomic mass is 10.3. The molecule has 0 fully saturated rings. The van der Waals surface area contributed by atoms with Gasteiger partial charge in [0, 0.05) is 12.4 Å². The Hall–Kier alpha value is -2.16. The van der Waals surface area contributed by atoms with Crippen molar-refractivity contribution in [2.45, 2.75) is 0 Å². The minimum Gasteiger partial charge on any atom is -0.271 e. The molecule has 0 atom stereocenters. The van der Waals surface area contributed by atoms with Crippen LogP contribution in [0.1, 0.15) is 5.56 Å². The fraction of sp³-hybridized carbons (Fsp3) is 0.133. The van der Waals surface area contributed by atoms with Crippen LogP contribution in [0.15, 0.2) is 47.8 Å². The maximum atomic E-state index is 12.0. The first-order valence-electron chi connectivity index (χ1n) is 6.92. The van der Waals surface area contributed by atoms with Crippen LogP contribution in [-0.4, -0.2) is 38.3 Å². The second-order valence-electron chi connectivity index (χ2n) is 4.92. The Balaban J connectivity index is 2.14. The van der Waals surface area contributed by atoms with Crippen LogP contribution in [0.2, 0.25) is 10.0 Å². The van der Waals surface area contributed by atoms with Gasteiger partial charge in [-0.05, 0) is 29.8 Å². The van der Waals surface area contributed by atoms with Gasteiger partial charge in [0.1, 0.15) is 6.54 Å². The van der Waals surface area contributed by atoms with Crippen LogP contribution < -0.4 is 9.73 Å². The normalized spacial score (nSPS) is 11.5. The lowest BCUT2D eigenvalue weighted by Gasteiger charge is -2.22. The molecule has 10 heteroatoms. The number of hydrazone groups is 1. The van der Waals surface area contributed by atoms with E-state index in [1.54, 1.807) is 30.6 Å². The number of sulfonamides is 1. The number of anilines is 1. The minimum atomic E-state index is -3.76. The third-order valence-electron chi connectivity index (χ3n) is 3.00. The lowest BCUT2D eigenvalue weighted by Crippen LogP contribution is -2.39. The fourth-order valence-corrected chi connectivity index (χ4v) is 3.17. The van der Waals surface area contributed by atoms with Gasteiger partial charge in [0.15, 0.2) is 0 Å². The van der Waals surface area contributed by atoms with E-state index in [4.69, 9.17) is 23.2 Å². The van der Waals surface area contributed by atoms with E-state index in [0.29, 0.717) is 0 Å². The quantitative estimate of drug-likeness (QED) is 0.594. The number of hydrogen-bond acceptors (Lipinski definition) is 5. The summed E-state index contributed by atoms with van der Waals surface area (Å²) in [5.41, 5.74) is 3.11. The zero-order chi connectivity index (χ0) is 18.4. The summed E-state index contributed by atoms with van der Waals surface area (Å²) in [4.78, 5) is 15.9. The molecular formula is C15H14Cl2N4O3S. The second kappa shape index (κ2) is 8.28. The van der Waals surface area contributed by atoms with E-state index in [2.05, 4.69) is 15.5 Å². The standard InChI is InChI=1S/C15H14Cl2N4O3S/c1-25(23,24)21(13-4-2-3-12(16)15(13)17)10-14(22)20-19-9-11-5-7-18-8-6-11/h2-9H,10H2,1H3,(H,20,22)/b19-9-. The summed E-state index contributed by atoms with van der Waals surface area (Å²) in [6.45, 7) is -0.493. The summed E-state index contributed by atoms with van der Waals surface area (Å²) in [6.07, 6.45) is 5.54. The van der Waals surface area contributed by atoms with E-state index in [-0.39, 0.29) is 15.7 Å². The first-order valence-corrected chi connectivity index (χ1v) is 9.53. The van der Waals surface area contributed by atoms with E-state index < -0.39 is 22.5 Å². The molecule has 25 heavy (non-hydrogen) atoms. The molecule has 132 valence electrons. The average Bonchev–Trinajstić information content (AvgIpc) is 2.55. The molecule has 1 heterocycles. The van der Waals surface area contributed by atoms with Crippen molar-refractivity contribution in [2.75, 3.05) is 17.1 Å². The van der Waals surface area contributed by atoms with E-state index in [9.17, 15) is 13.2 Å². The number of nitrogens with zero attached hydrogens (tertiary/aromatic N) is 3. The molecule has 0 bridgehead atoms. The summed E-state index contributed by atoms with van der Waals surface area (Å²) in [5.74, 6) is -0.633. The van der Waals surface area contributed by atoms with Crippen LogP contribution in [0.25, 0.3) is 0 Å². The summed E-state index contributed by atoms with van der Waals surface area (Å²) in [7, 11) is -3.76. The molecule has 0 spiro atoms. The monoisotopic (exact) mass is 400 g/mol. The number of carbonyl (C=O) groups is 1. The van der Waals surface area contributed by atoms with Crippen molar-refractivity contribution in [3.63, 3.8) is 0 Å². The maximum Gasteiger partial charge on any atom is 0.260 e. The number of hydrogen-bond donors (Lipinski definition) is 1. The van der Waals surface area contributed by atoms with Gasteiger partial charge in [0.05, 0.1) is 28.2 Å². The van der Waals surface area contributed by atoms with Gasteiger partial charge in [0.2, 0.25) is 10.0 Å². The van der Waals surface area contributed by atoms with Crippen LogP contribution in [0, 0.1) is 0 Å². The van der Waals surface area contributed by atoms with Gasteiger partial charge >= 0.3 is 0 Å². The SMILES string of the molecule is CS(=O)(=O)N(CC(=O)N/N=C\c1ccncc1)c1cccc(Cl)c1Cl. The van der Waals surface area contributed by atoms with Gasteiger partial charge in [-0.25, -0.2) is 13.8 Å². The molecule has 0 saturated heterocycles. The van der Waals surface area contributed by atoms with Crippen LogP contribution >= 0.6 is 23.2 Å². The van der Waals surface area contributed by atoms with Crippen molar-refractivity contribution < 1.29 is 13.2 Å². The predicted octanol–water partition coefficient (Wildman–Crippen LogP) is 2.30. The Kier molecular flexibility index (Phi) is 6.35. The molecule has 0 unspecified atom stereocenters. The smallest absolute Gasteiger partial charge is 0.260 e. The van der Waals surface area contributed by atoms with Crippen molar-refractivity contribution in [2.24, 2.45) is 5.10 Å². The van der Waals surface area contributed by atoms with Gasteiger partial charge in [-0.1, -0.05) is 29.3 Å². The Bertz CT molecular complexity index is 889. The molecule has 2 rings (SSSR count). The Morgan fingerprint density at radius 1 is 1.28 bits per heavy atom. The number of rotatable bonds is 6. The van der Waals surface area contributed by atoms with Crippen LogP contribution in [0.5, 0.6) is 0 Å². The number of halogens is 2. The molecule has 1 N–H and O–H groups in total. The third-order valence-corrected chi connectivity index (χ3v) is 4.93. The molecule has 1 aromatic carbocycles. The minimum absolute atomic E-state index is 0.0441. The topological polar surface area (TPSA) is 91.7 Å². The van der Waals surface area contributed by atoms with Crippen molar-refractivity contribution in [3.8, 4) is 0 Å². The number of aromatic nitrogens is 1. The molecule has 0 saturated carbocycles. The summed E-state index contributed by atoms with van der Waals surface area (Å²) >= 11 is 12.0. The van der Waals surface area contributed by atoms with Crippen LogP contribution in [-0.2, 0) is 14.8 Å². The van der Waals surface area contributed by atoms with Crippen molar-refractivity contribution in [3.05, 3.63) is 58.3 Å². The van der Waals surface area contributed by atoms with E-state index in [0.717, 1.165) is 16.1 Å². The van der Waals surface area contributed by atoms with E-state index in [1.165, 1.54) is 18.3 Å². The van der Waals surface area contributed by atoms with E-state index in [1.807, 2.05) is 0 Å². The number of amides is 1. The number of benzene rings is 1. The number of nitrogens with one attached hydrogen (secondary N) is 1. The van der Waals surface area contributed by atoms with Crippen LogP contribution in [0.4, 0.5) is 5.69 Å². The Morgan fingerprint density at radius 2 is 1.96 bits per heavy atom. The molecule has 0 aliphatic carbocycles. The predicted molar refractivity (Wildman–Crippen MR) is 98.6 cm³/mol. The molecule has 0 aliphatic heterocycles. The van der Waals surface area contributed by atoms with Gasteiger partial charge < -0.3 is 0 Å². The van der Waals surface area contributed by atoms with Gasteiger partial charge in [0.25, 0.3) is 5.91 Å². The molecular weight excluding hydrogens is 387 g/mol. The Labute approximate surface area is 155 Å². The zero-order valence-electron chi connectivity index (χ0n) is 13.1. The molecule has 7 nitrogen and oxygen atoms in total. The van der Waals surface area contributed by atoms with Crippen molar-refractivity contribution in [1.82, 2.24) is 10.4 Å². The highest BCUT2D eigenvalue weighted by molar-refractivity contribution is 7.92. The van der Waals surface area contributed by atoms with E-state index >= 15 is 0 Å². The third kappa shape index (κ3) is 5.42. The molecule has 2 aromatic rings. The van der Waals surface area contributed by atoms with Gasteiger partial charge in [-0.15, -0.1) is 0 Å². The molecule has 0 radical (unpaired) electrons. The fourth-order valence-electron chi connectivity index (χ4n) is 1.86. The number of carbonyl (C=O) groups excluding carboxylic acids is 1. The zero-order valence-corrected chi connectivity index (χ0v) is 15.4. The van der Waals surface area contributed by atoms with Crippen molar-refractivity contribution >= 4 is 51.0 Å². The summed E-state index contributed by atoms with van der Waals surface area (Å²) < 4.78 is 24.9. The number of pyridine rings is 1. The lowest BCUT2D eigenvalue weighted by molar-refractivity contribution is -0.119. The summed E-state index contributed by atoms with van der Waals surface area (Å²) in [5, 5.41) is 4.01. The Morgan fingerprint density at radius 3 is 2.60 bits per heavy atom. The van der Waals surface area contributed by atoms with Gasteiger partial charge in [-0.2, -0.15) is 5.10 Å². The second-order valence-corrected chi connectivity index (χ2v) is 7.61. The highest BCUT2D eigenvalue weighted by Gasteiger charge is 2.23. The highest BCUT2D eigenvalue weighted by atomic mass is 35.5. The molecule has 1 aromatic heterocycles. The van der Waals surface area contributed by atoms with Crippen molar-refractivity contribution in [1.29, 1.82) is 0 Å². The van der Waals surface area contributed by atoms with Crippen LogP contribution in [0.3, 0.4) is 0 Å². The first-order chi connectivity index (χ1) is 11.8. The summed E-state index contributed by atoms with van der Waals surface area (Å²) in [6, 6.07) is 7.92. The molecule has 1 amide bonds. The van der Waals surface area contributed by atoms with Gasteiger partial charge in [-0.3, -0.25) is 14.1 Å². The highest BCUT2D eigenvalue weighted by Crippen LogP contribution is 2.33.